The van der Waals surface area contributed by atoms with Crippen LogP contribution in [0.4, 0.5) is 13.2 Å². The maximum Gasteiger partial charge on any atom is 0.194 e. The van der Waals surface area contributed by atoms with E-state index in [9.17, 15) is 13.2 Å². The lowest BCUT2D eigenvalue weighted by atomic mass is 10.2. The number of rotatable bonds is 2. The van der Waals surface area contributed by atoms with E-state index in [1.54, 1.807) is 0 Å². The monoisotopic (exact) mass is 176 g/mol. The van der Waals surface area contributed by atoms with Gasteiger partial charge in [0.1, 0.15) is 0 Å². The number of methoxy groups -OCH3 is 1. The van der Waals surface area contributed by atoms with Gasteiger partial charge in [0.25, 0.3) is 0 Å². The predicted octanol–water partition coefficient (Wildman–Crippen LogP) is 2.25. The SMILES string of the molecule is COCc1cc(F)c(F)c(F)c1. The third-order valence-electron chi connectivity index (χ3n) is 1.35. The number of benzene rings is 1. The zero-order chi connectivity index (χ0) is 9.14. The molecule has 0 bridgehead atoms. The summed E-state index contributed by atoms with van der Waals surface area (Å²) in [5.41, 5.74) is 0.272. The first-order valence-corrected chi connectivity index (χ1v) is 3.27. The molecule has 12 heavy (non-hydrogen) atoms. The minimum absolute atomic E-state index is 0.0636. The Morgan fingerprint density at radius 1 is 1.17 bits per heavy atom. The molecule has 0 aliphatic carbocycles. The standard InChI is InChI=1S/C8H7F3O/c1-12-4-5-2-6(9)8(11)7(10)3-5/h2-3H,4H2,1H3. The number of halogens is 3. The largest absolute Gasteiger partial charge is 0.380 e. The van der Waals surface area contributed by atoms with Crippen LogP contribution in [0.3, 0.4) is 0 Å². The Hall–Kier alpha value is -1.03. The van der Waals surface area contributed by atoms with Crippen molar-refractivity contribution in [2.45, 2.75) is 6.61 Å². The zero-order valence-corrected chi connectivity index (χ0v) is 6.40. The molecule has 0 aromatic heterocycles. The lowest BCUT2D eigenvalue weighted by Gasteiger charge is -2.00. The summed E-state index contributed by atoms with van der Waals surface area (Å²) in [5.74, 6) is -3.83. The molecule has 1 rings (SSSR count). The van der Waals surface area contributed by atoms with Crippen molar-refractivity contribution in [3.8, 4) is 0 Å². The molecule has 0 radical (unpaired) electrons. The quantitative estimate of drug-likeness (QED) is 0.628. The molecule has 0 atom stereocenters. The van der Waals surface area contributed by atoms with Crippen molar-refractivity contribution in [3.63, 3.8) is 0 Å². The summed E-state index contributed by atoms with van der Waals surface area (Å²) in [5, 5.41) is 0. The van der Waals surface area contributed by atoms with Crippen molar-refractivity contribution < 1.29 is 17.9 Å². The lowest BCUT2D eigenvalue weighted by Crippen LogP contribution is -1.95. The van der Waals surface area contributed by atoms with Crippen molar-refractivity contribution in [1.82, 2.24) is 0 Å². The second kappa shape index (κ2) is 3.58. The molecule has 0 aliphatic rings. The Balaban J connectivity index is 3.04. The highest BCUT2D eigenvalue weighted by Gasteiger charge is 2.09. The van der Waals surface area contributed by atoms with Gasteiger partial charge in [0.15, 0.2) is 17.5 Å². The van der Waals surface area contributed by atoms with Gasteiger partial charge in [0, 0.05) is 7.11 Å². The van der Waals surface area contributed by atoms with Gasteiger partial charge in [-0.15, -0.1) is 0 Å². The van der Waals surface area contributed by atoms with E-state index >= 15 is 0 Å². The van der Waals surface area contributed by atoms with Crippen LogP contribution in [-0.4, -0.2) is 7.11 Å². The second-order valence-corrected chi connectivity index (χ2v) is 2.31. The van der Waals surface area contributed by atoms with Crippen LogP contribution in [-0.2, 0) is 11.3 Å². The average molecular weight is 176 g/mol. The van der Waals surface area contributed by atoms with Gasteiger partial charge in [0.2, 0.25) is 0 Å². The average Bonchev–Trinajstić information content (AvgIpc) is 2.01. The van der Waals surface area contributed by atoms with Crippen molar-refractivity contribution in [1.29, 1.82) is 0 Å². The van der Waals surface area contributed by atoms with Crippen LogP contribution in [0.1, 0.15) is 5.56 Å². The van der Waals surface area contributed by atoms with E-state index < -0.39 is 17.5 Å². The summed E-state index contributed by atoms with van der Waals surface area (Å²) in [6, 6.07) is 1.81. The molecular formula is C8H7F3O. The van der Waals surface area contributed by atoms with E-state index in [1.807, 2.05) is 0 Å². The van der Waals surface area contributed by atoms with Crippen molar-refractivity contribution >= 4 is 0 Å². The van der Waals surface area contributed by atoms with E-state index in [-0.39, 0.29) is 12.2 Å². The fourth-order valence-electron chi connectivity index (χ4n) is 0.858. The highest BCUT2D eigenvalue weighted by molar-refractivity contribution is 5.18. The molecule has 1 aromatic carbocycles. The Morgan fingerprint density at radius 3 is 2.08 bits per heavy atom. The molecule has 0 fully saturated rings. The molecule has 0 amide bonds. The van der Waals surface area contributed by atoms with Gasteiger partial charge in [-0.05, 0) is 17.7 Å². The Kier molecular flexibility index (Phi) is 2.70. The molecule has 0 saturated heterocycles. The van der Waals surface area contributed by atoms with E-state index in [0.717, 1.165) is 12.1 Å². The van der Waals surface area contributed by atoms with Gasteiger partial charge in [-0.25, -0.2) is 13.2 Å². The van der Waals surface area contributed by atoms with Crippen LogP contribution in [0, 0.1) is 17.5 Å². The maximum absolute atomic E-state index is 12.5. The van der Waals surface area contributed by atoms with Gasteiger partial charge >= 0.3 is 0 Å². The molecule has 4 heteroatoms. The van der Waals surface area contributed by atoms with Crippen LogP contribution >= 0.6 is 0 Å². The molecule has 1 nitrogen and oxygen atoms in total. The lowest BCUT2D eigenvalue weighted by molar-refractivity contribution is 0.184. The van der Waals surface area contributed by atoms with Crippen LogP contribution in [0.25, 0.3) is 0 Å². The third kappa shape index (κ3) is 1.76. The molecule has 0 spiro atoms. The first-order chi connectivity index (χ1) is 5.65. The minimum Gasteiger partial charge on any atom is -0.380 e. The topological polar surface area (TPSA) is 9.23 Å². The van der Waals surface area contributed by atoms with Crippen LogP contribution < -0.4 is 0 Å². The molecule has 1 aromatic rings. The fraction of sp³-hybridized carbons (Fsp3) is 0.250. The van der Waals surface area contributed by atoms with E-state index in [4.69, 9.17) is 0 Å². The summed E-state index contributed by atoms with van der Waals surface area (Å²) in [7, 11) is 1.39. The number of hydrogen-bond acceptors (Lipinski definition) is 1. The van der Waals surface area contributed by atoms with Gasteiger partial charge in [-0.3, -0.25) is 0 Å². The zero-order valence-electron chi connectivity index (χ0n) is 6.40. The number of hydrogen-bond donors (Lipinski definition) is 0. The molecule has 66 valence electrons. The second-order valence-electron chi connectivity index (χ2n) is 2.31. The van der Waals surface area contributed by atoms with Gasteiger partial charge in [0.05, 0.1) is 6.61 Å². The summed E-state index contributed by atoms with van der Waals surface area (Å²) >= 11 is 0. The molecule has 0 heterocycles. The van der Waals surface area contributed by atoms with Crippen molar-refractivity contribution in [2.24, 2.45) is 0 Å². The number of ether oxygens (including phenoxy) is 1. The fourth-order valence-corrected chi connectivity index (χ4v) is 0.858. The summed E-state index contributed by atoms with van der Waals surface area (Å²) in [4.78, 5) is 0. The maximum atomic E-state index is 12.5. The van der Waals surface area contributed by atoms with Gasteiger partial charge in [-0.2, -0.15) is 0 Å². The van der Waals surface area contributed by atoms with Crippen LogP contribution in [0.15, 0.2) is 12.1 Å². The highest BCUT2D eigenvalue weighted by atomic mass is 19.2. The van der Waals surface area contributed by atoms with E-state index in [1.165, 1.54) is 7.11 Å². The molecule has 0 N–H and O–H groups in total. The molecular weight excluding hydrogens is 169 g/mol. The smallest absolute Gasteiger partial charge is 0.194 e. The minimum atomic E-state index is -1.45. The molecule has 0 unspecified atom stereocenters. The van der Waals surface area contributed by atoms with Crippen LogP contribution in [0.2, 0.25) is 0 Å². The first kappa shape index (κ1) is 9.06. The van der Waals surface area contributed by atoms with Gasteiger partial charge < -0.3 is 4.74 Å². The summed E-state index contributed by atoms with van der Waals surface area (Å²) < 4.78 is 42.0. The highest BCUT2D eigenvalue weighted by Crippen LogP contribution is 2.13. The van der Waals surface area contributed by atoms with Crippen molar-refractivity contribution in [3.05, 3.63) is 35.1 Å². The predicted molar refractivity (Wildman–Crippen MR) is 37.0 cm³/mol. The van der Waals surface area contributed by atoms with E-state index in [0.29, 0.717) is 0 Å². The molecule has 0 aliphatic heterocycles. The van der Waals surface area contributed by atoms with Gasteiger partial charge in [-0.1, -0.05) is 0 Å². The summed E-state index contributed by atoms with van der Waals surface area (Å²) in [6.07, 6.45) is 0. The Labute approximate surface area is 67.8 Å². The first-order valence-electron chi connectivity index (χ1n) is 3.27. The summed E-state index contributed by atoms with van der Waals surface area (Å²) in [6.45, 7) is 0.0636. The van der Waals surface area contributed by atoms with Crippen LogP contribution in [0.5, 0.6) is 0 Å². The molecule has 0 saturated carbocycles. The van der Waals surface area contributed by atoms with E-state index in [2.05, 4.69) is 4.74 Å². The Bertz CT molecular complexity index is 263. The van der Waals surface area contributed by atoms with Crippen molar-refractivity contribution in [2.75, 3.05) is 7.11 Å². The normalized spacial score (nSPS) is 10.3. The third-order valence-corrected chi connectivity index (χ3v) is 1.35. The Morgan fingerprint density at radius 2 is 1.67 bits per heavy atom.